The van der Waals surface area contributed by atoms with Crippen LogP contribution in [0.25, 0.3) is 0 Å². The normalized spacial score (nSPS) is 13.0. The molecule has 3 rings (SSSR count). The summed E-state index contributed by atoms with van der Waals surface area (Å²) >= 11 is 5.48. The quantitative estimate of drug-likeness (QED) is 0.500. The molecule has 0 unspecified atom stereocenters. The van der Waals surface area contributed by atoms with Crippen LogP contribution in [0.4, 0.5) is 10.1 Å². The van der Waals surface area contributed by atoms with Crippen molar-refractivity contribution in [3.8, 4) is 5.75 Å². The number of aromatic nitrogens is 1. The van der Waals surface area contributed by atoms with Crippen LogP contribution in [0.3, 0.4) is 0 Å². The van der Waals surface area contributed by atoms with E-state index in [-0.39, 0.29) is 16.7 Å². The maximum atomic E-state index is 13.7. The number of benzene rings is 1. The molecule has 32 heavy (non-hydrogen) atoms. The van der Waals surface area contributed by atoms with Crippen molar-refractivity contribution in [1.29, 1.82) is 0 Å². The highest BCUT2D eigenvalue weighted by molar-refractivity contribution is 7.81. The van der Waals surface area contributed by atoms with E-state index in [1.165, 1.54) is 12.1 Å². The fraction of sp³-hybridized carbons (Fsp3) is 0.375. The summed E-state index contributed by atoms with van der Waals surface area (Å²) in [6.45, 7) is 9.43. The number of carbonyl (C=O) groups excluding carboxylic acids is 1. The standard InChI is InChI=1S/C22H25FN4O2S.C2H6/c1-3-8-29-19-13-24-6-4-15(19)12-26-18-5-7-25-21(28)20(18)22(30)27-17-10-14(2)9-16(23)11-17;1-2/h4,6,9-11,13,26H,3,5,7-8,12H2,1-2H3,(H,25,28)(H,27,30);1-2H3. The lowest BCUT2D eigenvalue weighted by atomic mass is 10.1. The number of pyridine rings is 1. The Labute approximate surface area is 194 Å². The van der Waals surface area contributed by atoms with E-state index >= 15 is 0 Å². The molecule has 1 amide bonds. The summed E-state index contributed by atoms with van der Waals surface area (Å²) in [4.78, 5) is 16.9. The van der Waals surface area contributed by atoms with Crippen LogP contribution in [0.15, 0.2) is 47.9 Å². The smallest absolute Gasteiger partial charge is 0.256 e. The number of hydrogen-bond acceptors (Lipinski definition) is 5. The fourth-order valence-electron chi connectivity index (χ4n) is 3.17. The zero-order valence-corrected chi connectivity index (χ0v) is 19.9. The summed E-state index contributed by atoms with van der Waals surface area (Å²) in [5.74, 6) is 0.0924. The molecule has 0 radical (unpaired) electrons. The Kier molecular flexibility index (Phi) is 10.1. The number of carbonyl (C=O) groups is 1. The minimum atomic E-state index is -0.363. The molecule has 172 valence electrons. The van der Waals surface area contributed by atoms with Crippen LogP contribution in [-0.2, 0) is 11.3 Å². The second kappa shape index (κ2) is 12.8. The number of nitrogens with zero attached hydrogens (tertiary/aromatic N) is 1. The first kappa shape index (κ1) is 25.3. The molecule has 0 saturated heterocycles. The van der Waals surface area contributed by atoms with Gasteiger partial charge < -0.3 is 20.7 Å². The first-order valence-electron chi connectivity index (χ1n) is 10.9. The lowest BCUT2D eigenvalue weighted by molar-refractivity contribution is -0.117. The molecule has 1 aromatic carbocycles. The number of halogens is 1. The number of nitrogens with one attached hydrogen (secondary N) is 3. The van der Waals surface area contributed by atoms with Crippen molar-refractivity contribution >= 4 is 28.8 Å². The summed E-state index contributed by atoms with van der Waals surface area (Å²) in [5.41, 5.74) is 3.31. The predicted octanol–water partition coefficient (Wildman–Crippen LogP) is 4.65. The number of ether oxygens (including phenoxy) is 1. The third kappa shape index (κ3) is 7.02. The summed E-state index contributed by atoms with van der Waals surface area (Å²) in [6, 6.07) is 6.44. The van der Waals surface area contributed by atoms with Gasteiger partial charge in [0.25, 0.3) is 5.91 Å². The minimum absolute atomic E-state index is 0.247. The molecule has 2 aromatic rings. The zero-order valence-electron chi connectivity index (χ0n) is 19.0. The van der Waals surface area contributed by atoms with Crippen molar-refractivity contribution in [1.82, 2.24) is 15.6 Å². The van der Waals surface area contributed by atoms with Crippen molar-refractivity contribution in [2.75, 3.05) is 18.5 Å². The molecule has 0 fully saturated rings. The van der Waals surface area contributed by atoms with E-state index < -0.39 is 0 Å². The highest BCUT2D eigenvalue weighted by Gasteiger charge is 2.24. The monoisotopic (exact) mass is 458 g/mol. The Morgan fingerprint density at radius 3 is 2.81 bits per heavy atom. The molecule has 1 aromatic heterocycles. The molecule has 1 aliphatic rings. The van der Waals surface area contributed by atoms with E-state index in [2.05, 4.69) is 20.9 Å². The van der Waals surface area contributed by atoms with E-state index in [1.807, 2.05) is 26.8 Å². The Bertz CT molecular complexity index is 958. The molecule has 0 atom stereocenters. The third-order valence-corrected chi connectivity index (χ3v) is 4.85. The van der Waals surface area contributed by atoms with Crippen LogP contribution in [0.1, 0.15) is 44.7 Å². The second-order valence-corrected chi connectivity index (χ2v) is 7.42. The molecule has 1 aliphatic heterocycles. The van der Waals surface area contributed by atoms with Crippen molar-refractivity contribution in [2.45, 2.75) is 47.1 Å². The summed E-state index contributed by atoms with van der Waals surface area (Å²) in [7, 11) is 0. The Morgan fingerprint density at radius 2 is 2.09 bits per heavy atom. The molecule has 0 aliphatic carbocycles. The topological polar surface area (TPSA) is 75.3 Å². The van der Waals surface area contributed by atoms with E-state index in [0.29, 0.717) is 43.1 Å². The van der Waals surface area contributed by atoms with Crippen molar-refractivity contribution in [3.05, 3.63) is 64.9 Å². The maximum Gasteiger partial charge on any atom is 0.256 e. The van der Waals surface area contributed by atoms with Crippen molar-refractivity contribution in [2.24, 2.45) is 0 Å². The number of thiocarbonyl (C=S) groups is 1. The SMILES string of the molecule is CC.CCCOc1cnccc1CNC1=C(C(=S)Nc2cc(C)cc(F)c2)C(=O)NCC1. The van der Waals surface area contributed by atoms with Crippen LogP contribution in [-0.4, -0.2) is 29.0 Å². The number of anilines is 1. The lowest BCUT2D eigenvalue weighted by Gasteiger charge is -2.23. The molecule has 6 nitrogen and oxygen atoms in total. The highest BCUT2D eigenvalue weighted by Crippen LogP contribution is 2.21. The van der Waals surface area contributed by atoms with E-state index in [1.54, 1.807) is 25.4 Å². The van der Waals surface area contributed by atoms with Gasteiger partial charge in [-0.05, 0) is 43.2 Å². The van der Waals surface area contributed by atoms with Crippen molar-refractivity contribution < 1.29 is 13.9 Å². The van der Waals surface area contributed by atoms with E-state index in [9.17, 15) is 9.18 Å². The Hall–Kier alpha value is -3.00. The van der Waals surface area contributed by atoms with Crippen LogP contribution >= 0.6 is 12.2 Å². The van der Waals surface area contributed by atoms with Gasteiger partial charge in [0.2, 0.25) is 0 Å². The Balaban J connectivity index is 0.00000176. The van der Waals surface area contributed by atoms with Crippen LogP contribution < -0.4 is 20.7 Å². The van der Waals surface area contributed by atoms with Gasteiger partial charge in [-0.3, -0.25) is 9.78 Å². The van der Waals surface area contributed by atoms with Gasteiger partial charge in [-0.1, -0.05) is 33.0 Å². The molecular formula is C24H31FN4O2S. The summed E-state index contributed by atoms with van der Waals surface area (Å²) < 4.78 is 19.5. The van der Waals surface area contributed by atoms with E-state index in [4.69, 9.17) is 17.0 Å². The average molecular weight is 459 g/mol. The molecule has 0 spiro atoms. The average Bonchev–Trinajstić information content (AvgIpc) is 2.77. The number of hydrogen-bond donors (Lipinski definition) is 3. The first-order valence-corrected chi connectivity index (χ1v) is 11.3. The molecule has 0 bridgehead atoms. The summed E-state index contributed by atoms with van der Waals surface area (Å²) in [6.07, 6.45) is 4.91. The molecular weight excluding hydrogens is 427 g/mol. The van der Waals surface area contributed by atoms with Gasteiger partial charge in [0.15, 0.2) is 0 Å². The summed E-state index contributed by atoms with van der Waals surface area (Å²) in [5, 5.41) is 9.14. The maximum absolute atomic E-state index is 13.7. The number of amides is 1. The van der Waals surface area contributed by atoms with Gasteiger partial charge in [-0.2, -0.15) is 0 Å². The first-order chi connectivity index (χ1) is 15.5. The molecule has 0 saturated carbocycles. The van der Waals surface area contributed by atoms with Gasteiger partial charge in [0, 0.05) is 42.7 Å². The highest BCUT2D eigenvalue weighted by atomic mass is 32.1. The van der Waals surface area contributed by atoms with Crippen LogP contribution in [0.5, 0.6) is 5.75 Å². The number of aryl methyl sites for hydroxylation is 1. The van der Waals surface area contributed by atoms with Gasteiger partial charge in [0.05, 0.1) is 18.4 Å². The largest absolute Gasteiger partial charge is 0.492 e. The van der Waals surface area contributed by atoms with Gasteiger partial charge in [-0.25, -0.2) is 4.39 Å². The van der Waals surface area contributed by atoms with Gasteiger partial charge in [0.1, 0.15) is 16.6 Å². The fourth-order valence-corrected chi connectivity index (χ4v) is 3.50. The van der Waals surface area contributed by atoms with Gasteiger partial charge >= 0.3 is 0 Å². The minimum Gasteiger partial charge on any atom is -0.492 e. The van der Waals surface area contributed by atoms with Crippen molar-refractivity contribution in [3.63, 3.8) is 0 Å². The predicted molar refractivity (Wildman–Crippen MR) is 130 cm³/mol. The number of rotatable bonds is 8. The molecule has 8 heteroatoms. The third-order valence-electron chi connectivity index (χ3n) is 4.54. The van der Waals surface area contributed by atoms with Gasteiger partial charge in [-0.15, -0.1) is 0 Å². The zero-order chi connectivity index (χ0) is 23.5. The van der Waals surface area contributed by atoms with Crippen LogP contribution in [0.2, 0.25) is 0 Å². The van der Waals surface area contributed by atoms with Crippen LogP contribution in [0, 0.1) is 12.7 Å². The molecule has 2 heterocycles. The second-order valence-electron chi connectivity index (χ2n) is 7.02. The molecule has 3 N–H and O–H groups in total. The Morgan fingerprint density at radius 1 is 1.31 bits per heavy atom. The van der Waals surface area contributed by atoms with E-state index in [0.717, 1.165) is 23.2 Å². The lowest BCUT2D eigenvalue weighted by Crippen LogP contribution is -2.39.